The summed E-state index contributed by atoms with van der Waals surface area (Å²) in [4.78, 5) is 28.8. The van der Waals surface area contributed by atoms with Crippen LogP contribution in [0.1, 0.15) is 89.9 Å². The highest BCUT2D eigenvalue weighted by molar-refractivity contribution is 5.91. The standard InChI is InChI=1S/C23H36N2O2/c26-21(24-19-6-3-1-2-4-7-19)20-8-5-9-25(20)22(27)23-13-16-10-17(14-23)12-18(11-16)15-23/h16-20H,1-15H2,(H,24,26)/t16?,17?,18?,20-,23?/m1/s1. The molecule has 150 valence electrons. The molecule has 6 aliphatic rings. The lowest BCUT2D eigenvalue weighted by atomic mass is 9.49. The van der Waals surface area contributed by atoms with Gasteiger partial charge in [-0.3, -0.25) is 9.59 Å². The van der Waals surface area contributed by atoms with Gasteiger partial charge in [0.2, 0.25) is 11.8 Å². The molecule has 1 aliphatic heterocycles. The Balaban J connectivity index is 1.28. The summed E-state index contributed by atoms with van der Waals surface area (Å²) in [5.41, 5.74) is -0.111. The number of amides is 2. The van der Waals surface area contributed by atoms with Crippen molar-refractivity contribution in [2.45, 2.75) is 102 Å². The zero-order valence-corrected chi connectivity index (χ0v) is 16.8. The lowest BCUT2D eigenvalue weighted by molar-refractivity contribution is -0.160. The average Bonchev–Trinajstić information content (AvgIpc) is 2.98. The van der Waals surface area contributed by atoms with Gasteiger partial charge in [-0.15, -0.1) is 0 Å². The molecule has 6 rings (SSSR count). The summed E-state index contributed by atoms with van der Waals surface area (Å²) in [5, 5.41) is 3.33. The minimum Gasteiger partial charge on any atom is -0.352 e. The first-order valence-corrected chi connectivity index (χ1v) is 11.7. The maximum Gasteiger partial charge on any atom is 0.243 e. The van der Waals surface area contributed by atoms with Crippen LogP contribution in [-0.4, -0.2) is 35.3 Å². The summed E-state index contributed by atoms with van der Waals surface area (Å²) in [6.45, 7) is 0.795. The van der Waals surface area contributed by atoms with E-state index in [0.717, 1.165) is 69.2 Å². The van der Waals surface area contributed by atoms with Gasteiger partial charge in [0.25, 0.3) is 0 Å². The summed E-state index contributed by atoms with van der Waals surface area (Å²) < 4.78 is 0. The van der Waals surface area contributed by atoms with Gasteiger partial charge < -0.3 is 10.2 Å². The number of hydrogen-bond donors (Lipinski definition) is 1. The van der Waals surface area contributed by atoms with Crippen LogP contribution in [0.2, 0.25) is 0 Å². The van der Waals surface area contributed by atoms with E-state index in [2.05, 4.69) is 5.32 Å². The molecule has 1 saturated heterocycles. The first kappa shape index (κ1) is 18.0. The highest BCUT2D eigenvalue weighted by Gasteiger charge is 2.56. The van der Waals surface area contributed by atoms with E-state index in [1.165, 1.54) is 44.9 Å². The van der Waals surface area contributed by atoms with Crippen molar-refractivity contribution >= 4 is 11.8 Å². The van der Waals surface area contributed by atoms with Gasteiger partial charge in [0.1, 0.15) is 6.04 Å². The molecular formula is C23H36N2O2. The highest BCUT2D eigenvalue weighted by atomic mass is 16.2. The fraction of sp³-hybridized carbons (Fsp3) is 0.913. The van der Waals surface area contributed by atoms with Crippen LogP contribution in [0, 0.1) is 23.2 Å². The average molecular weight is 373 g/mol. The van der Waals surface area contributed by atoms with Gasteiger partial charge in [0.15, 0.2) is 0 Å². The maximum absolute atomic E-state index is 13.7. The van der Waals surface area contributed by atoms with Crippen LogP contribution < -0.4 is 5.32 Å². The van der Waals surface area contributed by atoms with Crippen molar-refractivity contribution in [1.82, 2.24) is 10.2 Å². The molecule has 4 heteroatoms. The van der Waals surface area contributed by atoms with E-state index in [0.29, 0.717) is 11.9 Å². The molecule has 4 bridgehead atoms. The SMILES string of the molecule is O=C(NC1CCCCCC1)[C@H]1CCCN1C(=O)C12CC3CC(CC(C3)C1)C2. The van der Waals surface area contributed by atoms with Crippen LogP contribution in [0.4, 0.5) is 0 Å². The minimum absolute atomic E-state index is 0.111. The van der Waals surface area contributed by atoms with E-state index in [4.69, 9.17) is 0 Å². The van der Waals surface area contributed by atoms with Crippen molar-refractivity contribution in [2.75, 3.05) is 6.54 Å². The van der Waals surface area contributed by atoms with Crippen LogP contribution in [0.5, 0.6) is 0 Å². The zero-order chi connectivity index (χ0) is 18.4. The Hall–Kier alpha value is -1.06. The first-order chi connectivity index (χ1) is 13.1. The summed E-state index contributed by atoms with van der Waals surface area (Å²) in [6, 6.07) is 0.130. The molecule has 1 N–H and O–H groups in total. The third-order valence-corrected chi connectivity index (χ3v) is 8.51. The molecule has 5 saturated carbocycles. The third kappa shape index (κ3) is 3.31. The van der Waals surface area contributed by atoms with Crippen molar-refractivity contribution in [1.29, 1.82) is 0 Å². The monoisotopic (exact) mass is 372 g/mol. The maximum atomic E-state index is 13.7. The first-order valence-electron chi connectivity index (χ1n) is 11.7. The van der Waals surface area contributed by atoms with Gasteiger partial charge in [0.05, 0.1) is 5.41 Å². The number of likely N-dealkylation sites (tertiary alicyclic amines) is 1. The van der Waals surface area contributed by atoms with Gasteiger partial charge >= 0.3 is 0 Å². The molecule has 2 amide bonds. The van der Waals surface area contributed by atoms with Gasteiger partial charge in [-0.25, -0.2) is 0 Å². The Morgan fingerprint density at radius 3 is 1.96 bits per heavy atom. The van der Waals surface area contributed by atoms with E-state index in [-0.39, 0.29) is 17.4 Å². The Kier molecular flexibility index (Phi) is 4.72. The minimum atomic E-state index is -0.200. The van der Waals surface area contributed by atoms with Crippen LogP contribution in [0.3, 0.4) is 0 Å². The quantitative estimate of drug-likeness (QED) is 0.760. The van der Waals surface area contributed by atoms with Crippen LogP contribution in [0.25, 0.3) is 0 Å². The molecule has 5 aliphatic carbocycles. The Morgan fingerprint density at radius 1 is 0.778 bits per heavy atom. The van der Waals surface area contributed by atoms with Crippen LogP contribution >= 0.6 is 0 Å². The fourth-order valence-electron chi connectivity index (χ4n) is 7.68. The second-order valence-electron chi connectivity index (χ2n) is 10.6. The lowest BCUT2D eigenvalue weighted by Gasteiger charge is -2.56. The van der Waals surface area contributed by atoms with Crippen molar-refractivity contribution in [3.05, 3.63) is 0 Å². The third-order valence-electron chi connectivity index (χ3n) is 8.51. The topological polar surface area (TPSA) is 49.4 Å². The predicted octanol–water partition coefficient (Wildman–Crippen LogP) is 4.03. The number of nitrogens with one attached hydrogen (secondary N) is 1. The molecule has 0 aromatic carbocycles. The molecule has 0 aromatic rings. The smallest absolute Gasteiger partial charge is 0.243 e. The van der Waals surface area contributed by atoms with Crippen molar-refractivity contribution in [3.63, 3.8) is 0 Å². The normalized spacial score (nSPS) is 41.6. The molecule has 27 heavy (non-hydrogen) atoms. The number of carbonyl (C=O) groups is 2. The van der Waals surface area contributed by atoms with E-state index in [9.17, 15) is 9.59 Å². The van der Waals surface area contributed by atoms with E-state index >= 15 is 0 Å². The summed E-state index contributed by atoms with van der Waals surface area (Å²) in [7, 11) is 0. The second-order valence-corrected chi connectivity index (χ2v) is 10.6. The number of hydrogen-bond acceptors (Lipinski definition) is 2. The summed E-state index contributed by atoms with van der Waals surface area (Å²) >= 11 is 0. The molecule has 6 fully saturated rings. The van der Waals surface area contributed by atoms with Crippen molar-refractivity contribution in [3.8, 4) is 0 Å². The fourth-order valence-corrected chi connectivity index (χ4v) is 7.68. The molecule has 0 radical (unpaired) electrons. The van der Waals surface area contributed by atoms with Crippen LogP contribution in [0.15, 0.2) is 0 Å². The number of carbonyl (C=O) groups excluding carboxylic acids is 2. The summed E-state index contributed by atoms with van der Waals surface area (Å²) in [5.74, 6) is 2.82. The molecule has 0 aromatic heterocycles. The van der Waals surface area contributed by atoms with E-state index < -0.39 is 0 Å². The largest absolute Gasteiger partial charge is 0.352 e. The van der Waals surface area contributed by atoms with E-state index in [1.54, 1.807) is 0 Å². The lowest BCUT2D eigenvalue weighted by Crippen LogP contribution is -2.57. The van der Waals surface area contributed by atoms with Gasteiger partial charge in [-0.2, -0.15) is 0 Å². The highest BCUT2D eigenvalue weighted by Crippen LogP contribution is 2.60. The van der Waals surface area contributed by atoms with Gasteiger partial charge in [-0.05, 0) is 82.0 Å². The van der Waals surface area contributed by atoms with Gasteiger partial charge in [0, 0.05) is 12.6 Å². The van der Waals surface area contributed by atoms with Gasteiger partial charge in [-0.1, -0.05) is 25.7 Å². The second kappa shape index (κ2) is 7.08. The molecule has 4 nitrogen and oxygen atoms in total. The van der Waals surface area contributed by atoms with Crippen molar-refractivity contribution in [2.24, 2.45) is 23.2 Å². The summed E-state index contributed by atoms with van der Waals surface area (Å²) in [6.07, 6.45) is 16.5. The molecule has 1 atom stereocenters. The Bertz CT molecular complexity index is 558. The Morgan fingerprint density at radius 2 is 1.37 bits per heavy atom. The molecular weight excluding hydrogens is 336 g/mol. The predicted molar refractivity (Wildman–Crippen MR) is 105 cm³/mol. The van der Waals surface area contributed by atoms with Crippen LogP contribution in [-0.2, 0) is 9.59 Å². The molecule has 0 spiro atoms. The van der Waals surface area contributed by atoms with E-state index in [1.807, 2.05) is 4.90 Å². The number of nitrogens with zero attached hydrogens (tertiary/aromatic N) is 1. The molecule has 0 unspecified atom stereocenters. The number of rotatable bonds is 3. The molecule has 1 heterocycles. The van der Waals surface area contributed by atoms with Crippen molar-refractivity contribution < 1.29 is 9.59 Å². The zero-order valence-electron chi connectivity index (χ0n) is 16.8. The Labute approximate surface area is 163 Å².